The predicted molar refractivity (Wildman–Crippen MR) is 48.6 cm³/mol. The molecular formula is C9H13NO4. The Morgan fingerprint density at radius 1 is 1.43 bits per heavy atom. The Hall–Kier alpha value is -1.36. The molecule has 1 saturated heterocycles. The largest absolute Gasteiger partial charge is 0.478 e. The Morgan fingerprint density at radius 3 is 2.50 bits per heavy atom. The monoisotopic (exact) mass is 199 g/mol. The first-order valence-electron chi connectivity index (χ1n) is 4.33. The first kappa shape index (κ1) is 10.7. The summed E-state index contributed by atoms with van der Waals surface area (Å²) < 4.78 is 0. The maximum atomic E-state index is 11.3. The van der Waals surface area contributed by atoms with Crippen LogP contribution in [0.15, 0.2) is 12.2 Å². The molecule has 0 aromatic carbocycles. The van der Waals surface area contributed by atoms with E-state index >= 15 is 0 Å². The molecule has 1 aliphatic heterocycles. The number of carbonyl (C=O) groups excluding carboxylic acids is 1. The number of hydrogen-bond donors (Lipinski definition) is 2. The number of hydrogen-bond acceptors (Lipinski definition) is 3. The number of carbonyl (C=O) groups is 2. The van der Waals surface area contributed by atoms with Crippen molar-refractivity contribution in [3.8, 4) is 0 Å². The number of aliphatic hydroxyl groups is 1. The van der Waals surface area contributed by atoms with E-state index in [-0.39, 0.29) is 12.5 Å². The van der Waals surface area contributed by atoms with E-state index in [1.165, 1.54) is 4.90 Å². The minimum absolute atomic E-state index is 0.260. The van der Waals surface area contributed by atoms with E-state index in [1.54, 1.807) is 6.92 Å². The maximum Gasteiger partial charge on any atom is 0.328 e. The van der Waals surface area contributed by atoms with Crippen LogP contribution in [0.25, 0.3) is 0 Å². The minimum atomic E-state index is -1.15. The van der Waals surface area contributed by atoms with E-state index in [4.69, 9.17) is 5.11 Å². The quantitative estimate of drug-likeness (QED) is 0.594. The van der Waals surface area contributed by atoms with Crippen LogP contribution in [-0.4, -0.2) is 45.7 Å². The van der Waals surface area contributed by atoms with Gasteiger partial charge in [0, 0.05) is 25.2 Å². The second-order valence-corrected chi connectivity index (χ2v) is 3.68. The summed E-state index contributed by atoms with van der Waals surface area (Å²) in [5.74, 6) is -1.52. The van der Waals surface area contributed by atoms with Gasteiger partial charge in [-0.25, -0.2) is 4.79 Å². The fourth-order valence-corrected chi connectivity index (χ4v) is 1.38. The van der Waals surface area contributed by atoms with Crippen LogP contribution in [0.4, 0.5) is 0 Å². The number of nitrogens with zero attached hydrogens (tertiary/aromatic N) is 1. The van der Waals surface area contributed by atoms with Gasteiger partial charge in [0.05, 0.1) is 5.60 Å². The summed E-state index contributed by atoms with van der Waals surface area (Å²) in [4.78, 5) is 22.9. The molecule has 5 nitrogen and oxygen atoms in total. The molecule has 0 bridgehead atoms. The topological polar surface area (TPSA) is 77.8 Å². The van der Waals surface area contributed by atoms with Gasteiger partial charge in [-0.2, -0.15) is 0 Å². The average molecular weight is 199 g/mol. The smallest absolute Gasteiger partial charge is 0.328 e. The summed E-state index contributed by atoms with van der Waals surface area (Å²) in [6.07, 6.45) is 2.33. The predicted octanol–water partition coefficient (Wildman–Crippen LogP) is -0.390. The van der Waals surface area contributed by atoms with Gasteiger partial charge in [0.15, 0.2) is 0 Å². The number of likely N-dealkylation sites (tertiary alicyclic amines) is 1. The zero-order valence-electron chi connectivity index (χ0n) is 7.93. The highest BCUT2D eigenvalue weighted by Gasteiger charge is 2.32. The van der Waals surface area contributed by atoms with Crippen molar-refractivity contribution in [2.75, 3.05) is 13.1 Å². The summed E-state index contributed by atoms with van der Waals surface area (Å²) in [6, 6.07) is 0. The van der Waals surface area contributed by atoms with Crippen LogP contribution in [-0.2, 0) is 9.59 Å². The third-order valence-electron chi connectivity index (χ3n) is 2.13. The molecule has 0 aromatic heterocycles. The summed E-state index contributed by atoms with van der Waals surface area (Å²) in [5.41, 5.74) is -0.841. The van der Waals surface area contributed by atoms with Gasteiger partial charge in [0.1, 0.15) is 0 Å². The van der Waals surface area contributed by atoms with Crippen LogP contribution in [0, 0.1) is 0 Å². The molecule has 5 heteroatoms. The Labute approximate surface area is 81.6 Å². The third kappa shape index (κ3) is 2.85. The molecule has 78 valence electrons. The first-order valence-corrected chi connectivity index (χ1v) is 4.33. The lowest BCUT2D eigenvalue weighted by Crippen LogP contribution is -2.32. The Morgan fingerprint density at radius 2 is 2.07 bits per heavy atom. The number of amides is 1. The molecule has 1 rings (SSSR count). The lowest BCUT2D eigenvalue weighted by molar-refractivity contribution is -0.132. The number of carboxylic acids is 1. The zero-order chi connectivity index (χ0) is 10.8. The number of β-amino-alcohol motifs (C(OH)–C–C–N with tert-alkyl or cyclic N) is 1. The number of aliphatic carboxylic acids is 1. The van der Waals surface area contributed by atoms with E-state index in [0.717, 1.165) is 12.2 Å². The molecular weight excluding hydrogens is 186 g/mol. The highest BCUT2D eigenvalue weighted by Crippen LogP contribution is 2.20. The fraction of sp³-hybridized carbons (Fsp3) is 0.556. The van der Waals surface area contributed by atoms with Gasteiger partial charge in [-0.15, -0.1) is 0 Å². The molecule has 1 aliphatic rings. The average Bonchev–Trinajstić information content (AvgIpc) is 2.41. The number of carboxylic acid groups (broad SMARTS) is 1. The molecule has 0 saturated carbocycles. The third-order valence-corrected chi connectivity index (χ3v) is 2.13. The summed E-state index contributed by atoms with van der Waals surface area (Å²) in [5, 5.41) is 17.9. The van der Waals surface area contributed by atoms with Crippen molar-refractivity contribution in [3.63, 3.8) is 0 Å². The molecule has 1 atom stereocenters. The molecule has 2 N–H and O–H groups in total. The summed E-state index contributed by atoms with van der Waals surface area (Å²) in [7, 11) is 0. The van der Waals surface area contributed by atoms with Crippen molar-refractivity contribution in [2.45, 2.75) is 18.9 Å². The fourth-order valence-electron chi connectivity index (χ4n) is 1.38. The van der Waals surface area contributed by atoms with Crippen LogP contribution in [0.2, 0.25) is 0 Å². The van der Waals surface area contributed by atoms with E-state index in [9.17, 15) is 14.7 Å². The van der Waals surface area contributed by atoms with Crippen molar-refractivity contribution >= 4 is 11.9 Å². The maximum absolute atomic E-state index is 11.3. The van der Waals surface area contributed by atoms with E-state index < -0.39 is 11.6 Å². The van der Waals surface area contributed by atoms with Crippen molar-refractivity contribution in [1.82, 2.24) is 4.90 Å². The van der Waals surface area contributed by atoms with E-state index in [0.29, 0.717) is 13.0 Å². The second kappa shape index (κ2) is 3.79. The van der Waals surface area contributed by atoms with Crippen LogP contribution >= 0.6 is 0 Å². The van der Waals surface area contributed by atoms with Crippen molar-refractivity contribution in [2.24, 2.45) is 0 Å². The van der Waals surface area contributed by atoms with E-state index in [1.807, 2.05) is 0 Å². The van der Waals surface area contributed by atoms with Gasteiger partial charge in [-0.1, -0.05) is 0 Å². The van der Waals surface area contributed by atoms with Crippen LogP contribution < -0.4 is 0 Å². The molecule has 1 heterocycles. The van der Waals surface area contributed by atoms with Gasteiger partial charge < -0.3 is 15.1 Å². The van der Waals surface area contributed by atoms with Gasteiger partial charge >= 0.3 is 5.97 Å². The normalized spacial score (nSPS) is 27.1. The molecule has 1 unspecified atom stereocenters. The van der Waals surface area contributed by atoms with Gasteiger partial charge in [0.2, 0.25) is 5.91 Å². The molecule has 0 aliphatic carbocycles. The Kier molecular flexibility index (Phi) is 2.90. The lowest BCUT2D eigenvalue weighted by atomic mass is 10.1. The Bertz CT molecular complexity index is 283. The van der Waals surface area contributed by atoms with Crippen LogP contribution in [0.1, 0.15) is 13.3 Å². The van der Waals surface area contributed by atoms with Crippen LogP contribution in [0.5, 0.6) is 0 Å². The summed E-state index contributed by atoms with van der Waals surface area (Å²) in [6.45, 7) is 2.38. The zero-order valence-corrected chi connectivity index (χ0v) is 7.93. The van der Waals surface area contributed by atoms with Crippen molar-refractivity contribution in [1.29, 1.82) is 0 Å². The van der Waals surface area contributed by atoms with Gasteiger partial charge in [0.25, 0.3) is 0 Å². The van der Waals surface area contributed by atoms with Gasteiger partial charge in [-0.3, -0.25) is 4.79 Å². The first-order chi connectivity index (χ1) is 6.41. The lowest BCUT2D eigenvalue weighted by Gasteiger charge is -2.17. The van der Waals surface area contributed by atoms with E-state index in [2.05, 4.69) is 0 Å². The highest BCUT2D eigenvalue weighted by molar-refractivity contribution is 5.94. The van der Waals surface area contributed by atoms with Crippen molar-refractivity contribution < 1.29 is 19.8 Å². The van der Waals surface area contributed by atoms with Crippen LogP contribution in [0.3, 0.4) is 0 Å². The molecule has 1 fully saturated rings. The molecule has 0 radical (unpaired) electrons. The summed E-state index contributed by atoms with van der Waals surface area (Å²) >= 11 is 0. The molecule has 0 spiro atoms. The SMILES string of the molecule is CC1(O)CCN(C(=O)/C=C/C(=O)O)C1. The van der Waals surface area contributed by atoms with Crippen molar-refractivity contribution in [3.05, 3.63) is 12.2 Å². The molecule has 0 aromatic rings. The molecule has 14 heavy (non-hydrogen) atoms. The standard InChI is InChI=1S/C9H13NO4/c1-9(14)4-5-10(6-9)7(11)2-3-8(12)13/h2-3,14H,4-6H2,1H3,(H,12,13)/b3-2+. The van der Waals surface area contributed by atoms with Gasteiger partial charge in [-0.05, 0) is 13.3 Å². The number of rotatable bonds is 2. The minimum Gasteiger partial charge on any atom is -0.478 e. The Balaban J connectivity index is 2.52. The second-order valence-electron chi connectivity index (χ2n) is 3.68. The molecule has 1 amide bonds. The highest BCUT2D eigenvalue weighted by atomic mass is 16.4.